The van der Waals surface area contributed by atoms with E-state index in [1.165, 1.54) is 11.1 Å². The first-order chi connectivity index (χ1) is 8.24. The van der Waals surface area contributed by atoms with Gasteiger partial charge in [0.2, 0.25) is 0 Å². The topological polar surface area (TPSA) is 20.5 Å². The molecule has 0 aromatic carbocycles. The maximum Gasteiger partial charge on any atom is 0.110 e. The number of piperidine rings is 1. The van der Waals surface area contributed by atoms with E-state index < -0.39 is 0 Å². The second-order valence-corrected chi connectivity index (χ2v) is 5.22. The van der Waals surface area contributed by atoms with Crippen molar-refractivity contribution < 1.29 is 0 Å². The molecular formula is C13H16ClN3. The normalized spacial score (nSPS) is 18.9. The van der Waals surface area contributed by atoms with Crippen LogP contribution in [0.25, 0.3) is 5.52 Å². The molecule has 4 heteroatoms. The van der Waals surface area contributed by atoms with E-state index in [1.54, 1.807) is 0 Å². The third kappa shape index (κ3) is 2.05. The molecule has 1 fully saturated rings. The molecular weight excluding hydrogens is 234 g/mol. The Labute approximate surface area is 106 Å². The van der Waals surface area contributed by atoms with Crippen LogP contribution in [0.4, 0.5) is 0 Å². The van der Waals surface area contributed by atoms with Crippen LogP contribution in [0.5, 0.6) is 0 Å². The van der Waals surface area contributed by atoms with E-state index in [2.05, 4.69) is 27.7 Å². The van der Waals surface area contributed by atoms with Gasteiger partial charge in [-0.2, -0.15) is 0 Å². The predicted octanol–water partition coefficient (Wildman–Crippen LogP) is 2.98. The van der Waals surface area contributed by atoms with Crippen molar-refractivity contribution in [3.8, 4) is 0 Å². The monoisotopic (exact) mass is 249 g/mol. The predicted molar refractivity (Wildman–Crippen MR) is 69.3 cm³/mol. The minimum atomic E-state index is 0.644. The van der Waals surface area contributed by atoms with Crippen LogP contribution in [0, 0.1) is 6.92 Å². The fraction of sp³-hybridized carbons (Fsp3) is 0.462. The fourth-order valence-electron chi connectivity index (χ4n) is 2.59. The molecule has 2 aromatic rings. The van der Waals surface area contributed by atoms with Crippen LogP contribution in [0.15, 0.2) is 24.5 Å². The average Bonchev–Trinajstić information content (AvgIpc) is 2.72. The lowest BCUT2D eigenvalue weighted by molar-refractivity contribution is 0.336. The molecule has 1 aliphatic rings. The summed E-state index contributed by atoms with van der Waals surface area (Å²) in [5.41, 5.74) is 2.61. The number of nitrogens with zero attached hydrogens (tertiary/aromatic N) is 3. The lowest BCUT2D eigenvalue weighted by Gasteiger charge is -2.27. The molecule has 90 valence electrons. The van der Waals surface area contributed by atoms with Crippen LogP contribution in [0.2, 0.25) is 0 Å². The van der Waals surface area contributed by atoms with Crippen LogP contribution >= 0.6 is 11.8 Å². The molecule has 0 radical (unpaired) electrons. The van der Waals surface area contributed by atoms with Crippen LogP contribution in [-0.2, 0) is 0 Å². The smallest absolute Gasteiger partial charge is 0.110 e. The Bertz CT molecular complexity index is 526. The van der Waals surface area contributed by atoms with E-state index in [1.807, 2.05) is 17.5 Å². The Balaban J connectivity index is 1.90. The quantitative estimate of drug-likeness (QED) is 0.725. The molecule has 0 saturated carbocycles. The lowest BCUT2D eigenvalue weighted by atomic mass is 9.91. The molecule has 17 heavy (non-hydrogen) atoms. The Morgan fingerprint density at radius 2 is 2.12 bits per heavy atom. The highest BCUT2D eigenvalue weighted by Crippen LogP contribution is 2.29. The zero-order valence-corrected chi connectivity index (χ0v) is 10.7. The van der Waals surface area contributed by atoms with Crippen LogP contribution in [0.3, 0.4) is 0 Å². The minimum absolute atomic E-state index is 0.644. The standard InChI is InChI=1S/C13H16ClN3/c1-10-15-9-13-8-12(4-7-17(10)13)11-2-5-16(14)6-3-11/h4,7-9,11H,2-3,5-6H2,1H3. The molecule has 0 aliphatic carbocycles. The molecule has 0 unspecified atom stereocenters. The van der Waals surface area contributed by atoms with E-state index in [-0.39, 0.29) is 0 Å². The SMILES string of the molecule is Cc1ncc2cc(C3CCN(Cl)CC3)ccn12. The number of hydrogen-bond donors (Lipinski definition) is 0. The largest absolute Gasteiger partial charge is 0.304 e. The van der Waals surface area contributed by atoms with Crippen LogP contribution in [0.1, 0.15) is 30.1 Å². The number of fused-ring (bicyclic) bond motifs is 1. The first-order valence-electron chi connectivity index (χ1n) is 6.08. The first-order valence-corrected chi connectivity index (χ1v) is 6.42. The second-order valence-electron chi connectivity index (χ2n) is 4.74. The Kier molecular flexibility index (Phi) is 2.81. The van der Waals surface area contributed by atoms with Crippen LogP contribution < -0.4 is 0 Å². The maximum atomic E-state index is 5.99. The highest BCUT2D eigenvalue weighted by molar-refractivity contribution is 6.13. The molecule has 0 N–H and O–H groups in total. The third-order valence-corrected chi connectivity index (χ3v) is 3.99. The van der Waals surface area contributed by atoms with Crippen molar-refractivity contribution in [2.45, 2.75) is 25.7 Å². The van der Waals surface area contributed by atoms with E-state index in [9.17, 15) is 0 Å². The van der Waals surface area contributed by atoms with Crippen molar-refractivity contribution in [2.24, 2.45) is 0 Å². The number of aryl methyl sites for hydroxylation is 1. The summed E-state index contributed by atoms with van der Waals surface area (Å²) in [6, 6.07) is 4.48. The number of halogens is 1. The molecule has 1 aliphatic heterocycles. The summed E-state index contributed by atoms with van der Waals surface area (Å²) in [5, 5.41) is 0. The summed E-state index contributed by atoms with van der Waals surface area (Å²) in [5.74, 6) is 1.69. The summed E-state index contributed by atoms with van der Waals surface area (Å²) in [4.78, 5) is 4.33. The minimum Gasteiger partial charge on any atom is -0.304 e. The van der Waals surface area contributed by atoms with Gasteiger partial charge in [0.15, 0.2) is 0 Å². The van der Waals surface area contributed by atoms with Crippen molar-refractivity contribution in [3.05, 3.63) is 35.9 Å². The third-order valence-electron chi connectivity index (χ3n) is 3.65. The number of aromatic nitrogens is 2. The molecule has 3 rings (SSSR count). The second kappa shape index (κ2) is 4.31. The first kappa shape index (κ1) is 11.1. The number of pyridine rings is 1. The summed E-state index contributed by atoms with van der Waals surface area (Å²) < 4.78 is 4.01. The Hall–Kier alpha value is -1.06. The Morgan fingerprint density at radius 3 is 2.88 bits per heavy atom. The van der Waals surface area contributed by atoms with Gasteiger partial charge < -0.3 is 4.40 Å². The van der Waals surface area contributed by atoms with Gasteiger partial charge in [-0.15, -0.1) is 0 Å². The molecule has 0 atom stereocenters. The van der Waals surface area contributed by atoms with Gasteiger partial charge in [-0.05, 0) is 55.2 Å². The van der Waals surface area contributed by atoms with E-state index in [0.29, 0.717) is 5.92 Å². The van der Waals surface area contributed by atoms with Crippen molar-refractivity contribution in [2.75, 3.05) is 13.1 Å². The fourth-order valence-corrected chi connectivity index (χ4v) is 2.78. The number of rotatable bonds is 1. The zero-order valence-electron chi connectivity index (χ0n) is 9.93. The lowest BCUT2D eigenvalue weighted by Crippen LogP contribution is -2.25. The van der Waals surface area contributed by atoms with Gasteiger partial charge in [-0.25, -0.2) is 9.40 Å². The molecule has 1 saturated heterocycles. The van der Waals surface area contributed by atoms with Crippen molar-refractivity contribution in [1.29, 1.82) is 0 Å². The van der Waals surface area contributed by atoms with Gasteiger partial charge in [-0.1, -0.05) is 0 Å². The molecule has 3 nitrogen and oxygen atoms in total. The summed E-state index contributed by atoms with van der Waals surface area (Å²) in [6.45, 7) is 3.99. The summed E-state index contributed by atoms with van der Waals surface area (Å²) in [6.07, 6.45) is 6.36. The van der Waals surface area contributed by atoms with Gasteiger partial charge in [0, 0.05) is 19.3 Å². The van der Waals surface area contributed by atoms with Crippen molar-refractivity contribution in [3.63, 3.8) is 0 Å². The maximum absolute atomic E-state index is 5.99. The van der Waals surface area contributed by atoms with Gasteiger partial charge >= 0.3 is 0 Å². The van der Waals surface area contributed by atoms with Gasteiger partial charge in [0.05, 0.1) is 11.7 Å². The zero-order chi connectivity index (χ0) is 11.8. The highest BCUT2D eigenvalue weighted by Gasteiger charge is 2.19. The molecule has 0 bridgehead atoms. The Morgan fingerprint density at radius 1 is 1.35 bits per heavy atom. The van der Waals surface area contributed by atoms with Crippen molar-refractivity contribution in [1.82, 2.24) is 13.8 Å². The van der Waals surface area contributed by atoms with Gasteiger partial charge in [0.1, 0.15) is 5.82 Å². The average molecular weight is 250 g/mol. The van der Waals surface area contributed by atoms with Crippen molar-refractivity contribution >= 4 is 17.3 Å². The van der Waals surface area contributed by atoms with Gasteiger partial charge in [-0.3, -0.25) is 0 Å². The molecule has 2 aromatic heterocycles. The van der Waals surface area contributed by atoms with E-state index in [0.717, 1.165) is 31.8 Å². The van der Waals surface area contributed by atoms with E-state index in [4.69, 9.17) is 11.8 Å². The van der Waals surface area contributed by atoms with E-state index >= 15 is 0 Å². The number of hydrogen-bond acceptors (Lipinski definition) is 2. The molecule has 0 amide bonds. The molecule has 3 heterocycles. The number of imidazole rings is 1. The summed E-state index contributed by atoms with van der Waals surface area (Å²) >= 11 is 5.99. The van der Waals surface area contributed by atoms with Crippen LogP contribution in [-0.4, -0.2) is 26.9 Å². The van der Waals surface area contributed by atoms with Gasteiger partial charge in [0.25, 0.3) is 0 Å². The molecule has 0 spiro atoms. The summed E-state index contributed by atoms with van der Waals surface area (Å²) in [7, 11) is 0. The highest BCUT2D eigenvalue weighted by atomic mass is 35.5.